The van der Waals surface area contributed by atoms with Gasteiger partial charge in [-0.2, -0.15) is 0 Å². The van der Waals surface area contributed by atoms with Crippen LogP contribution in [0.2, 0.25) is 0 Å². The fourth-order valence-corrected chi connectivity index (χ4v) is 5.38. The minimum Gasteiger partial charge on any atom is -0.494 e. The van der Waals surface area contributed by atoms with Crippen LogP contribution < -0.4 is 19.5 Å². The van der Waals surface area contributed by atoms with E-state index in [0.717, 1.165) is 27.8 Å². The van der Waals surface area contributed by atoms with Crippen LogP contribution >= 0.6 is 27.7 Å². The second kappa shape index (κ2) is 13.5. The normalized spacial score (nSPS) is 14.0. The first-order valence-electron chi connectivity index (χ1n) is 12.7. The van der Waals surface area contributed by atoms with E-state index in [1.165, 1.54) is 0 Å². The van der Waals surface area contributed by atoms with E-state index in [2.05, 4.69) is 27.3 Å². The van der Waals surface area contributed by atoms with Crippen molar-refractivity contribution in [2.75, 3.05) is 25.1 Å². The smallest absolute Gasteiger partial charge is 0.294 e. The maximum Gasteiger partial charge on any atom is 0.294 e. The van der Waals surface area contributed by atoms with Gasteiger partial charge in [0.25, 0.3) is 11.1 Å². The zero-order valence-electron chi connectivity index (χ0n) is 22.4. The summed E-state index contributed by atoms with van der Waals surface area (Å²) < 4.78 is 17.9. The Balaban J connectivity index is 1.45. The number of halogens is 1. The summed E-state index contributed by atoms with van der Waals surface area (Å²) in [6.45, 7) is 6.69. The minimum atomic E-state index is -0.536. The summed E-state index contributed by atoms with van der Waals surface area (Å²) in [6.07, 6.45) is 1.60. The Bertz CT molecular complexity index is 1440. The molecule has 0 bridgehead atoms. The quantitative estimate of drug-likeness (QED) is 0.234. The standard InChI is InChI=1S/C30H29BrN2O6S/c1-4-37-23-11-9-22(10-12-23)32-27(34)17-33-29(35)26(40-30(33)36)16-21-14-24(31)28(25(15-21)38-5-2)39-18-20-8-6-7-19(3)13-20/h6-16H,4-5,17-18H2,1-3H3,(H,32,34)/b26-16+. The Morgan fingerprint density at radius 1 is 1.00 bits per heavy atom. The molecule has 1 N–H and O–H groups in total. The average Bonchev–Trinajstić information content (AvgIpc) is 3.17. The molecule has 0 unspecified atom stereocenters. The number of amides is 3. The second-order valence-corrected chi connectivity index (χ2v) is 10.7. The summed E-state index contributed by atoms with van der Waals surface area (Å²) in [5, 5.41) is 2.19. The molecule has 0 spiro atoms. The molecule has 0 aromatic heterocycles. The van der Waals surface area contributed by atoms with Crippen LogP contribution in [0.5, 0.6) is 17.2 Å². The van der Waals surface area contributed by atoms with Crippen LogP contribution in [0.3, 0.4) is 0 Å². The molecule has 1 aliphatic heterocycles. The highest BCUT2D eigenvalue weighted by atomic mass is 79.9. The molecule has 4 rings (SSSR count). The molecule has 1 heterocycles. The van der Waals surface area contributed by atoms with Crippen molar-refractivity contribution >= 4 is 56.5 Å². The van der Waals surface area contributed by atoms with E-state index in [0.29, 0.717) is 52.8 Å². The van der Waals surface area contributed by atoms with Gasteiger partial charge in [0, 0.05) is 5.69 Å². The number of aryl methyl sites for hydroxylation is 1. The molecular formula is C30H29BrN2O6S. The lowest BCUT2D eigenvalue weighted by atomic mass is 10.1. The van der Waals surface area contributed by atoms with Gasteiger partial charge in [0.2, 0.25) is 5.91 Å². The van der Waals surface area contributed by atoms with Crippen molar-refractivity contribution < 1.29 is 28.6 Å². The van der Waals surface area contributed by atoms with Gasteiger partial charge in [-0.05, 0) is 102 Å². The minimum absolute atomic E-state index is 0.210. The van der Waals surface area contributed by atoms with Crippen LogP contribution in [0.15, 0.2) is 70.0 Å². The maximum absolute atomic E-state index is 13.0. The molecule has 3 amide bonds. The number of benzene rings is 3. The van der Waals surface area contributed by atoms with Crippen molar-refractivity contribution in [2.24, 2.45) is 0 Å². The van der Waals surface area contributed by atoms with Crippen molar-refractivity contribution in [2.45, 2.75) is 27.4 Å². The molecule has 1 aliphatic rings. The molecule has 0 saturated carbocycles. The fourth-order valence-electron chi connectivity index (χ4n) is 3.96. The highest BCUT2D eigenvalue weighted by molar-refractivity contribution is 9.10. The molecule has 3 aromatic carbocycles. The van der Waals surface area contributed by atoms with E-state index in [-0.39, 0.29) is 4.91 Å². The van der Waals surface area contributed by atoms with Crippen molar-refractivity contribution in [3.05, 3.63) is 86.7 Å². The van der Waals surface area contributed by atoms with E-state index in [9.17, 15) is 14.4 Å². The Kier molecular flexibility index (Phi) is 9.89. The molecule has 40 heavy (non-hydrogen) atoms. The summed E-state index contributed by atoms with van der Waals surface area (Å²) in [6, 6.07) is 18.4. The van der Waals surface area contributed by atoms with Crippen molar-refractivity contribution in [3.8, 4) is 17.2 Å². The van der Waals surface area contributed by atoms with E-state index >= 15 is 0 Å². The third-order valence-electron chi connectivity index (χ3n) is 5.72. The predicted octanol–water partition coefficient (Wildman–Crippen LogP) is 6.81. The monoisotopic (exact) mass is 624 g/mol. The third kappa shape index (κ3) is 7.45. The lowest BCUT2D eigenvalue weighted by Gasteiger charge is -2.15. The summed E-state index contributed by atoms with van der Waals surface area (Å²) in [5.74, 6) is 0.709. The fraction of sp³-hybridized carbons (Fsp3) is 0.233. The Labute approximate surface area is 245 Å². The Hall–Kier alpha value is -3.76. The molecule has 208 valence electrons. The average molecular weight is 626 g/mol. The number of carbonyl (C=O) groups excluding carboxylic acids is 3. The Morgan fingerprint density at radius 3 is 2.45 bits per heavy atom. The van der Waals surface area contributed by atoms with Gasteiger partial charge in [-0.25, -0.2) is 0 Å². The molecule has 8 nitrogen and oxygen atoms in total. The first-order chi connectivity index (χ1) is 19.3. The van der Waals surface area contributed by atoms with Gasteiger partial charge in [-0.3, -0.25) is 19.3 Å². The lowest BCUT2D eigenvalue weighted by molar-refractivity contribution is -0.127. The number of carbonyl (C=O) groups is 3. The first-order valence-corrected chi connectivity index (χ1v) is 14.3. The van der Waals surface area contributed by atoms with Crippen molar-refractivity contribution in [1.29, 1.82) is 0 Å². The van der Waals surface area contributed by atoms with E-state index in [1.807, 2.05) is 39.0 Å². The number of anilines is 1. The molecular weight excluding hydrogens is 596 g/mol. The van der Waals surface area contributed by atoms with Gasteiger partial charge < -0.3 is 19.5 Å². The number of hydrogen-bond donors (Lipinski definition) is 1. The lowest BCUT2D eigenvalue weighted by Crippen LogP contribution is -2.36. The third-order valence-corrected chi connectivity index (χ3v) is 7.22. The van der Waals surface area contributed by atoms with Crippen LogP contribution in [0, 0.1) is 6.92 Å². The number of hydrogen-bond acceptors (Lipinski definition) is 7. The summed E-state index contributed by atoms with van der Waals surface area (Å²) in [5.41, 5.74) is 3.35. The van der Waals surface area contributed by atoms with Gasteiger partial charge in [-0.1, -0.05) is 29.8 Å². The summed E-state index contributed by atoms with van der Waals surface area (Å²) in [4.78, 5) is 39.3. The van der Waals surface area contributed by atoms with Crippen LogP contribution in [-0.4, -0.2) is 41.7 Å². The number of thioether (sulfide) groups is 1. The summed E-state index contributed by atoms with van der Waals surface area (Å²) in [7, 11) is 0. The number of nitrogens with one attached hydrogen (secondary N) is 1. The van der Waals surface area contributed by atoms with Gasteiger partial charge >= 0.3 is 0 Å². The Morgan fingerprint density at radius 2 is 1.75 bits per heavy atom. The van der Waals surface area contributed by atoms with Gasteiger partial charge in [-0.15, -0.1) is 0 Å². The molecule has 0 radical (unpaired) electrons. The van der Waals surface area contributed by atoms with E-state index in [4.69, 9.17) is 14.2 Å². The molecule has 0 aliphatic carbocycles. The predicted molar refractivity (Wildman–Crippen MR) is 160 cm³/mol. The number of ether oxygens (including phenoxy) is 3. The topological polar surface area (TPSA) is 94.2 Å². The van der Waals surface area contributed by atoms with Gasteiger partial charge in [0.05, 0.1) is 22.6 Å². The van der Waals surface area contributed by atoms with Crippen molar-refractivity contribution in [3.63, 3.8) is 0 Å². The highest BCUT2D eigenvalue weighted by Gasteiger charge is 2.36. The number of nitrogens with zero attached hydrogens (tertiary/aromatic N) is 1. The van der Waals surface area contributed by atoms with Crippen LogP contribution in [0.1, 0.15) is 30.5 Å². The highest BCUT2D eigenvalue weighted by Crippen LogP contribution is 2.39. The maximum atomic E-state index is 13.0. The molecule has 10 heteroatoms. The second-order valence-electron chi connectivity index (χ2n) is 8.81. The summed E-state index contributed by atoms with van der Waals surface area (Å²) >= 11 is 4.34. The first kappa shape index (κ1) is 29.2. The van der Waals surface area contributed by atoms with E-state index < -0.39 is 23.6 Å². The van der Waals surface area contributed by atoms with Gasteiger partial charge in [0.15, 0.2) is 11.5 Å². The van der Waals surface area contributed by atoms with Gasteiger partial charge in [0.1, 0.15) is 18.9 Å². The molecule has 1 saturated heterocycles. The SMILES string of the molecule is CCOc1ccc(NC(=O)CN2C(=O)S/C(=C/c3cc(Br)c(OCc4cccc(C)c4)c(OCC)c3)C2=O)cc1. The number of rotatable bonds is 11. The van der Waals surface area contributed by atoms with Crippen LogP contribution in [-0.2, 0) is 16.2 Å². The van der Waals surface area contributed by atoms with Crippen molar-refractivity contribution in [1.82, 2.24) is 4.90 Å². The van der Waals surface area contributed by atoms with E-state index in [1.54, 1.807) is 42.5 Å². The molecule has 3 aromatic rings. The van der Waals surface area contributed by atoms with Crippen LogP contribution in [0.4, 0.5) is 10.5 Å². The van der Waals surface area contributed by atoms with Crippen LogP contribution in [0.25, 0.3) is 6.08 Å². The molecule has 0 atom stereocenters. The zero-order valence-corrected chi connectivity index (χ0v) is 24.8. The molecule has 1 fully saturated rings. The number of imide groups is 1. The largest absolute Gasteiger partial charge is 0.494 e. The zero-order chi connectivity index (χ0) is 28.6.